The summed E-state index contributed by atoms with van der Waals surface area (Å²) in [4.78, 5) is 6.84. The summed E-state index contributed by atoms with van der Waals surface area (Å²) in [5.74, 6) is 1.31. The van der Waals surface area contributed by atoms with Crippen LogP contribution in [0.5, 0.6) is 23.0 Å². The number of benzene rings is 3. The molecule has 1 N–H and O–H groups in total. The van der Waals surface area contributed by atoms with Gasteiger partial charge in [0.1, 0.15) is 5.75 Å². The molecule has 1 aromatic heterocycles. The molecule has 192 valence electrons. The highest BCUT2D eigenvalue weighted by atomic mass is 19.1. The van der Waals surface area contributed by atoms with Crippen LogP contribution < -0.4 is 19.5 Å². The lowest BCUT2D eigenvalue weighted by atomic mass is 10.1. The second kappa shape index (κ2) is 11.9. The van der Waals surface area contributed by atoms with Gasteiger partial charge in [0.15, 0.2) is 23.1 Å². The standard InChI is InChI=1S/C29H30FN3O4/c1-34-28-19-23-25(20-29(28)36-15-5-12-33-13-16-35-17-14-33)31-11-10-26(23)37-27-9-8-22(18-24(27)30)32-21-6-3-2-4-7-21/h2-4,6-11,18-20,32H,5,12-17H2,1H3. The van der Waals surface area contributed by atoms with Crippen molar-refractivity contribution >= 4 is 22.3 Å². The number of nitrogens with zero attached hydrogens (tertiary/aromatic N) is 2. The SMILES string of the molecule is COc1cc2c(Oc3ccc(Nc4ccccc4)cc3F)ccnc2cc1OCCCN1CCOCC1. The lowest BCUT2D eigenvalue weighted by Crippen LogP contribution is -2.37. The van der Waals surface area contributed by atoms with Crippen molar-refractivity contribution in [2.45, 2.75) is 6.42 Å². The Morgan fingerprint density at radius 2 is 1.76 bits per heavy atom. The van der Waals surface area contributed by atoms with Gasteiger partial charge in [-0.2, -0.15) is 0 Å². The zero-order chi connectivity index (χ0) is 25.5. The van der Waals surface area contributed by atoms with E-state index in [0.29, 0.717) is 40.4 Å². The van der Waals surface area contributed by atoms with Gasteiger partial charge in [-0.25, -0.2) is 4.39 Å². The summed E-state index contributed by atoms with van der Waals surface area (Å²) in [7, 11) is 1.59. The first-order valence-corrected chi connectivity index (χ1v) is 12.4. The van der Waals surface area contributed by atoms with Crippen molar-refractivity contribution in [3.05, 3.63) is 78.7 Å². The first-order chi connectivity index (χ1) is 18.2. The molecule has 0 radical (unpaired) electrons. The highest BCUT2D eigenvalue weighted by Crippen LogP contribution is 2.38. The summed E-state index contributed by atoms with van der Waals surface area (Å²) >= 11 is 0. The summed E-state index contributed by atoms with van der Waals surface area (Å²) in [5, 5.41) is 3.88. The Kier molecular flexibility index (Phi) is 7.98. The van der Waals surface area contributed by atoms with Gasteiger partial charge in [-0.3, -0.25) is 9.88 Å². The second-order valence-corrected chi connectivity index (χ2v) is 8.72. The molecule has 1 saturated heterocycles. The number of morpholine rings is 1. The number of pyridine rings is 1. The number of ether oxygens (including phenoxy) is 4. The van der Waals surface area contributed by atoms with E-state index in [9.17, 15) is 4.39 Å². The maximum absolute atomic E-state index is 14.9. The van der Waals surface area contributed by atoms with E-state index in [1.54, 1.807) is 31.5 Å². The van der Waals surface area contributed by atoms with Crippen LogP contribution in [0.3, 0.4) is 0 Å². The quantitative estimate of drug-likeness (QED) is 0.266. The largest absolute Gasteiger partial charge is 0.493 e. The second-order valence-electron chi connectivity index (χ2n) is 8.72. The van der Waals surface area contributed by atoms with E-state index in [1.807, 2.05) is 42.5 Å². The third-order valence-corrected chi connectivity index (χ3v) is 6.18. The fraction of sp³-hybridized carbons (Fsp3) is 0.276. The van der Waals surface area contributed by atoms with E-state index in [1.165, 1.54) is 6.07 Å². The van der Waals surface area contributed by atoms with E-state index in [4.69, 9.17) is 18.9 Å². The first-order valence-electron chi connectivity index (χ1n) is 12.4. The molecule has 0 aliphatic carbocycles. The van der Waals surface area contributed by atoms with Crippen molar-refractivity contribution in [2.24, 2.45) is 0 Å². The Morgan fingerprint density at radius 1 is 0.919 bits per heavy atom. The van der Waals surface area contributed by atoms with Gasteiger partial charge in [-0.05, 0) is 42.8 Å². The molecule has 8 heteroatoms. The van der Waals surface area contributed by atoms with Crippen molar-refractivity contribution in [1.29, 1.82) is 0 Å². The van der Waals surface area contributed by atoms with Crippen LogP contribution in [0.15, 0.2) is 72.9 Å². The average molecular weight is 504 g/mol. The number of hydrogen-bond donors (Lipinski definition) is 1. The molecule has 0 amide bonds. The number of anilines is 2. The third-order valence-electron chi connectivity index (χ3n) is 6.18. The topological polar surface area (TPSA) is 65.1 Å². The highest BCUT2D eigenvalue weighted by molar-refractivity contribution is 5.88. The summed E-state index contributed by atoms with van der Waals surface area (Å²) in [6.07, 6.45) is 2.53. The van der Waals surface area contributed by atoms with Gasteiger partial charge in [-0.15, -0.1) is 0 Å². The molecule has 4 aromatic rings. The van der Waals surface area contributed by atoms with E-state index < -0.39 is 5.82 Å². The van der Waals surface area contributed by atoms with Crippen molar-refractivity contribution in [2.75, 3.05) is 51.9 Å². The van der Waals surface area contributed by atoms with E-state index in [0.717, 1.165) is 45.0 Å². The third kappa shape index (κ3) is 6.28. The summed E-state index contributed by atoms with van der Waals surface area (Å²) in [5.41, 5.74) is 2.18. The molecule has 37 heavy (non-hydrogen) atoms. The monoisotopic (exact) mass is 503 g/mol. The predicted molar refractivity (Wildman–Crippen MR) is 142 cm³/mol. The van der Waals surface area contributed by atoms with Gasteiger partial charge in [0.25, 0.3) is 0 Å². The number of nitrogens with one attached hydrogen (secondary N) is 1. The number of methoxy groups -OCH3 is 1. The molecule has 7 nitrogen and oxygen atoms in total. The molecule has 0 spiro atoms. The molecule has 0 atom stereocenters. The Morgan fingerprint density at radius 3 is 2.54 bits per heavy atom. The van der Waals surface area contributed by atoms with Crippen LogP contribution in [0, 0.1) is 5.82 Å². The maximum atomic E-state index is 14.9. The number of fused-ring (bicyclic) bond motifs is 1. The summed E-state index contributed by atoms with van der Waals surface area (Å²) in [6, 6.07) is 19.8. The average Bonchev–Trinajstić information content (AvgIpc) is 2.93. The minimum Gasteiger partial charge on any atom is -0.493 e. The minimum absolute atomic E-state index is 0.119. The maximum Gasteiger partial charge on any atom is 0.167 e. The molecule has 0 unspecified atom stereocenters. The highest BCUT2D eigenvalue weighted by Gasteiger charge is 2.15. The molecule has 3 aromatic carbocycles. The molecule has 1 aliphatic rings. The van der Waals surface area contributed by atoms with Crippen LogP contribution in [0.25, 0.3) is 10.9 Å². The number of rotatable bonds is 10. The van der Waals surface area contributed by atoms with Gasteiger partial charge in [0.05, 0.1) is 32.4 Å². The van der Waals surface area contributed by atoms with Crippen LogP contribution in [0.1, 0.15) is 6.42 Å². The van der Waals surface area contributed by atoms with Crippen molar-refractivity contribution < 1.29 is 23.3 Å². The molecular formula is C29H30FN3O4. The zero-order valence-electron chi connectivity index (χ0n) is 20.8. The number of hydrogen-bond acceptors (Lipinski definition) is 7. The van der Waals surface area contributed by atoms with E-state index in [2.05, 4.69) is 15.2 Å². The molecule has 1 fully saturated rings. The van der Waals surface area contributed by atoms with Crippen LogP contribution >= 0.6 is 0 Å². The Labute approximate surface area is 215 Å². The molecule has 1 aliphatic heterocycles. The predicted octanol–water partition coefficient (Wildman–Crippen LogP) is 6.02. The molecular weight excluding hydrogens is 473 g/mol. The molecule has 5 rings (SSSR count). The Balaban J connectivity index is 1.29. The fourth-order valence-electron chi connectivity index (χ4n) is 4.25. The number of para-hydroxylation sites is 1. The summed E-state index contributed by atoms with van der Waals surface area (Å²) < 4.78 is 37.9. The Hall–Kier alpha value is -3.88. The Bertz CT molecular complexity index is 1330. The van der Waals surface area contributed by atoms with Crippen LogP contribution in [0.4, 0.5) is 15.8 Å². The molecule has 0 bridgehead atoms. The van der Waals surface area contributed by atoms with Gasteiger partial charge in [0, 0.05) is 54.7 Å². The van der Waals surface area contributed by atoms with Crippen molar-refractivity contribution in [3.63, 3.8) is 0 Å². The van der Waals surface area contributed by atoms with Gasteiger partial charge in [-0.1, -0.05) is 18.2 Å². The first kappa shape index (κ1) is 24.8. The fourth-order valence-corrected chi connectivity index (χ4v) is 4.25. The van der Waals surface area contributed by atoms with Crippen LogP contribution in [-0.2, 0) is 4.74 Å². The smallest absolute Gasteiger partial charge is 0.167 e. The van der Waals surface area contributed by atoms with E-state index in [-0.39, 0.29) is 5.75 Å². The zero-order valence-corrected chi connectivity index (χ0v) is 20.8. The number of halogens is 1. The van der Waals surface area contributed by atoms with Gasteiger partial charge >= 0.3 is 0 Å². The lowest BCUT2D eigenvalue weighted by molar-refractivity contribution is 0.0357. The minimum atomic E-state index is -0.474. The molecule has 0 saturated carbocycles. The molecule has 2 heterocycles. The van der Waals surface area contributed by atoms with Crippen molar-refractivity contribution in [3.8, 4) is 23.0 Å². The van der Waals surface area contributed by atoms with Crippen LogP contribution in [0.2, 0.25) is 0 Å². The van der Waals surface area contributed by atoms with Crippen LogP contribution in [-0.4, -0.2) is 56.4 Å². The number of aromatic nitrogens is 1. The lowest BCUT2D eigenvalue weighted by Gasteiger charge is -2.26. The normalized spacial score (nSPS) is 13.9. The van der Waals surface area contributed by atoms with Crippen molar-refractivity contribution in [1.82, 2.24) is 9.88 Å². The van der Waals surface area contributed by atoms with Gasteiger partial charge in [0.2, 0.25) is 0 Å². The van der Waals surface area contributed by atoms with Gasteiger partial charge < -0.3 is 24.3 Å². The summed E-state index contributed by atoms with van der Waals surface area (Å²) in [6.45, 7) is 5.00. The van der Waals surface area contributed by atoms with E-state index >= 15 is 0 Å².